The number of benzene rings is 1. The minimum absolute atomic E-state index is 0.135. The Morgan fingerprint density at radius 2 is 1.52 bits per heavy atom. The fraction of sp³-hybridized carbons (Fsp3) is 0.565. The van der Waals surface area contributed by atoms with Gasteiger partial charge in [-0.3, -0.25) is 9.59 Å². The van der Waals surface area contributed by atoms with Crippen LogP contribution >= 0.6 is 0 Å². The zero-order valence-electron chi connectivity index (χ0n) is 16.2. The molecule has 0 radical (unpaired) electrons. The van der Waals surface area contributed by atoms with Crippen molar-refractivity contribution in [3.05, 3.63) is 47.2 Å². The van der Waals surface area contributed by atoms with Gasteiger partial charge in [-0.25, -0.2) is 0 Å². The maximum absolute atomic E-state index is 12.1. The predicted octanol–water partition coefficient (Wildman–Crippen LogP) is 4.85. The lowest BCUT2D eigenvalue weighted by Crippen LogP contribution is -2.27. The van der Waals surface area contributed by atoms with Crippen LogP contribution in [-0.4, -0.2) is 27.9 Å². The normalized spacial score (nSPS) is 17.4. The lowest BCUT2D eigenvalue weighted by molar-refractivity contribution is -0.123. The molecule has 0 saturated heterocycles. The van der Waals surface area contributed by atoms with Crippen LogP contribution in [0.5, 0.6) is 0 Å². The van der Waals surface area contributed by atoms with Crippen molar-refractivity contribution in [1.82, 2.24) is 0 Å². The summed E-state index contributed by atoms with van der Waals surface area (Å²) in [5.74, 6) is -1.08. The fourth-order valence-electron chi connectivity index (χ4n) is 3.58. The van der Waals surface area contributed by atoms with E-state index in [1.54, 1.807) is 0 Å². The predicted molar refractivity (Wildman–Crippen MR) is 107 cm³/mol. The molecular formula is C23H32O4. The summed E-state index contributed by atoms with van der Waals surface area (Å²) in [4.78, 5) is 23.9. The third kappa shape index (κ3) is 7.30. The molecule has 1 atom stereocenters. The Bertz CT molecular complexity index is 633. The van der Waals surface area contributed by atoms with Crippen molar-refractivity contribution >= 4 is 11.6 Å². The van der Waals surface area contributed by atoms with Gasteiger partial charge in [0.15, 0.2) is 11.6 Å². The van der Waals surface area contributed by atoms with Crippen LogP contribution in [0.25, 0.3) is 0 Å². The first-order chi connectivity index (χ1) is 13.1. The maximum atomic E-state index is 12.1. The zero-order chi connectivity index (χ0) is 19.5. The van der Waals surface area contributed by atoms with Crippen LogP contribution < -0.4 is 0 Å². The molecular weight excluding hydrogens is 340 g/mol. The number of carbonyl (C=O) groups is 2. The second-order valence-corrected chi connectivity index (χ2v) is 7.48. The molecule has 0 aliphatic heterocycles. The highest BCUT2D eigenvalue weighted by molar-refractivity contribution is 6.21. The molecule has 27 heavy (non-hydrogen) atoms. The Hall–Kier alpha value is -1.94. The summed E-state index contributed by atoms with van der Waals surface area (Å²) in [6, 6.07) is 10.6. The molecule has 0 unspecified atom stereocenters. The summed E-state index contributed by atoms with van der Waals surface area (Å²) in [6.07, 6.45) is 9.60. The average Bonchev–Trinajstić information content (AvgIpc) is 2.67. The van der Waals surface area contributed by atoms with E-state index in [1.165, 1.54) is 37.7 Å². The summed E-state index contributed by atoms with van der Waals surface area (Å²) >= 11 is 0. The Labute approximate surface area is 162 Å². The molecule has 0 saturated carbocycles. The molecule has 0 spiro atoms. The number of unbranched alkanes of at least 4 members (excludes halogenated alkanes) is 7. The minimum atomic E-state index is -1.07. The molecule has 1 aliphatic carbocycles. The van der Waals surface area contributed by atoms with Gasteiger partial charge in [-0.1, -0.05) is 68.9 Å². The fourth-order valence-corrected chi connectivity index (χ4v) is 3.58. The minimum Gasteiger partial charge on any atom is -0.509 e. The quantitative estimate of drug-likeness (QED) is 0.406. The highest BCUT2D eigenvalue weighted by atomic mass is 16.3. The van der Waals surface area contributed by atoms with Gasteiger partial charge in [-0.2, -0.15) is 0 Å². The molecule has 148 valence electrons. The highest BCUT2D eigenvalue weighted by Crippen LogP contribution is 2.23. The van der Waals surface area contributed by atoms with Crippen molar-refractivity contribution in [2.45, 2.75) is 83.2 Å². The number of carbonyl (C=O) groups excluding carboxylic acids is 2. The SMILES string of the molecule is O=C(CCCCCCCCCCc1ccccc1)C1=C(O)[C@@H](O)CCC1=O. The molecule has 2 rings (SSSR count). The molecule has 1 aromatic carbocycles. The van der Waals surface area contributed by atoms with Crippen LogP contribution in [0.4, 0.5) is 0 Å². The Morgan fingerprint density at radius 1 is 0.926 bits per heavy atom. The number of hydrogen-bond acceptors (Lipinski definition) is 4. The molecule has 2 N–H and O–H groups in total. The van der Waals surface area contributed by atoms with E-state index in [2.05, 4.69) is 24.3 Å². The molecule has 0 aromatic heterocycles. The number of aryl methyl sites for hydroxylation is 1. The Kier molecular flexibility index (Phi) is 9.26. The van der Waals surface area contributed by atoms with Crippen LogP contribution in [0, 0.1) is 0 Å². The Morgan fingerprint density at radius 3 is 2.19 bits per heavy atom. The number of Topliss-reactive ketones (excluding diaryl/α,β-unsaturated/α-hetero) is 2. The van der Waals surface area contributed by atoms with Gasteiger partial charge >= 0.3 is 0 Å². The number of aliphatic hydroxyl groups excluding tert-OH is 2. The smallest absolute Gasteiger partial charge is 0.170 e. The first-order valence-electron chi connectivity index (χ1n) is 10.3. The number of allylic oxidation sites excluding steroid dienone is 1. The summed E-state index contributed by atoms with van der Waals surface area (Å²) < 4.78 is 0. The molecule has 4 nitrogen and oxygen atoms in total. The third-order valence-corrected chi connectivity index (χ3v) is 5.24. The molecule has 0 fully saturated rings. The van der Waals surface area contributed by atoms with Crippen LogP contribution in [-0.2, 0) is 16.0 Å². The number of ketones is 2. The zero-order valence-corrected chi connectivity index (χ0v) is 16.2. The van der Waals surface area contributed by atoms with Crippen molar-refractivity contribution in [3.8, 4) is 0 Å². The van der Waals surface area contributed by atoms with E-state index in [-0.39, 0.29) is 36.4 Å². The van der Waals surface area contributed by atoms with E-state index < -0.39 is 11.9 Å². The molecule has 0 bridgehead atoms. The van der Waals surface area contributed by atoms with Crippen molar-refractivity contribution in [1.29, 1.82) is 0 Å². The van der Waals surface area contributed by atoms with Gasteiger partial charge in [0.05, 0.1) is 0 Å². The lowest BCUT2D eigenvalue weighted by atomic mass is 9.89. The summed E-state index contributed by atoms with van der Waals surface area (Å²) in [7, 11) is 0. The maximum Gasteiger partial charge on any atom is 0.170 e. The van der Waals surface area contributed by atoms with E-state index in [4.69, 9.17) is 0 Å². The van der Waals surface area contributed by atoms with Gasteiger partial charge < -0.3 is 10.2 Å². The lowest BCUT2D eigenvalue weighted by Gasteiger charge is -2.18. The van der Waals surface area contributed by atoms with Crippen LogP contribution in [0.2, 0.25) is 0 Å². The standard InChI is InChI=1S/C23H32O4/c24-19(22-20(25)16-17-21(26)23(22)27)15-11-6-4-2-1-3-5-8-12-18-13-9-7-10-14-18/h7,9-10,13-14,21,26-27H,1-6,8,11-12,15-17H2/t21-/m0/s1. The molecule has 0 amide bonds. The van der Waals surface area contributed by atoms with Gasteiger partial charge in [0.25, 0.3) is 0 Å². The van der Waals surface area contributed by atoms with Crippen molar-refractivity contribution in [2.75, 3.05) is 0 Å². The monoisotopic (exact) mass is 372 g/mol. The molecule has 1 aliphatic rings. The molecule has 0 heterocycles. The third-order valence-electron chi connectivity index (χ3n) is 5.24. The number of rotatable bonds is 12. The van der Waals surface area contributed by atoms with Crippen LogP contribution in [0.1, 0.15) is 76.2 Å². The van der Waals surface area contributed by atoms with Crippen molar-refractivity contribution in [3.63, 3.8) is 0 Å². The van der Waals surface area contributed by atoms with Gasteiger partial charge in [0.1, 0.15) is 17.4 Å². The Balaban J connectivity index is 1.49. The second kappa shape index (κ2) is 11.7. The summed E-state index contributed by atoms with van der Waals surface area (Å²) in [5, 5.41) is 19.4. The van der Waals surface area contributed by atoms with Gasteiger partial charge in [-0.15, -0.1) is 0 Å². The topological polar surface area (TPSA) is 74.6 Å². The number of aliphatic hydroxyl groups is 2. The largest absolute Gasteiger partial charge is 0.509 e. The highest BCUT2D eigenvalue weighted by Gasteiger charge is 2.30. The molecule has 1 aromatic rings. The van der Waals surface area contributed by atoms with E-state index in [0.717, 1.165) is 25.7 Å². The van der Waals surface area contributed by atoms with Crippen LogP contribution in [0.3, 0.4) is 0 Å². The van der Waals surface area contributed by atoms with Crippen LogP contribution in [0.15, 0.2) is 41.7 Å². The first-order valence-corrected chi connectivity index (χ1v) is 10.3. The van der Waals surface area contributed by atoms with E-state index >= 15 is 0 Å². The van der Waals surface area contributed by atoms with E-state index in [9.17, 15) is 19.8 Å². The van der Waals surface area contributed by atoms with Crippen molar-refractivity contribution < 1.29 is 19.8 Å². The summed E-state index contributed by atoms with van der Waals surface area (Å²) in [5.41, 5.74) is 1.25. The van der Waals surface area contributed by atoms with Gasteiger partial charge in [-0.05, 0) is 31.2 Å². The van der Waals surface area contributed by atoms with Gasteiger partial charge in [0.2, 0.25) is 0 Å². The number of hydrogen-bond donors (Lipinski definition) is 2. The average molecular weight is 373 g/mol. The second-order valence-electron chi connectivity index (χ2n) is 7.48. The molecule has 4 heteroatoms. The van der Waals surface area contributed by atoms with Gasteiger partial charge in [0, 0.05) is 12.8 Å². The summed E-state index contributed by atoms with van der Waals surface area (Å²) in [6.45, 7) is 0. The van der Waals surface area contributed by atoms with E-state index in [1.807, 2.05) is 6.07 Å². The van der Waals surface area contributed by atoms with Crippen molar-refractivity contribution in [2.24, 2.45) is 0 Å². The first kappa shape index (κ1) is 21.4. The van der Waals surface area contributed by atoms with E-state index in [0.29, 0.717) is 0 Å².